The minimum Gasteiger partial charge on any atom is -0.481 e. The van der Waals surface area contributed by atoms with Gasteiger partial charge >= 0.3 is 11.9 Å². The lowest BCUT2D eigenvalue weighted by molar-refractivity contribution is -0.142. The number of carboxylic acids is 2. The zero-order valence-electron chi connectivity index (χ0n) is 16.3. The maximum absolute atomic E-state index is 12.3. The quantitative estimate of drug-likeness (QED) is 0.116. The summed E-state index contributed by atoms with van der Waals surface area (Å²) in [6, 6.07) is -4.12. The van der Waals surface area contributed by atoms with E-state index < -0.39 is 73.1 Å². The van der Waals surface area contributed by atoms with Crippen LogP contribution in [0.1, 0.15) is 32.1 Å². The van der Waals surface area contributed by atoms with Crippen molar-refractivity contribution in [3.8, 4) is 0 Å². The molecule has 0 saturated heterocycles. The van der Waals surface area contributed by atoms with Crippen molar-refractivity contribution in [3.05, 3.63) is 0 Å². The fourth-order valence-electron chi connectivity index (χ4n) is 2.26. The molecule has 0 aliphatic rings. The Balaban J connectivity index is 4.88. The van der Waals surface area contributed by atoms with Crippen LogP contribution in [0.3, 0.4) is 0 Å². The van der Waals surface area contributed by atoms with Crippen molar-refractivity contribution in [2.45, 2.75) is 50.2 Å². The van der Waals surface area contributed by atoms with Gasteiger partial charge in [-0.2, -0.15) is 0 Å². The van der Waals surface area contributed by atoms with Crippen LogP contribution < -0.4 is 33.2 Å². The summed E-state index contributed by atoms with van der Waals surface area (Å²) >= 11 is 0. The molecule has 0 bridgehead atoms. The second-order valence-corrected chi connectivity index (χ2v) is 6.40. The van der Waals surface area contributed by atoms with Gasteiger partial charge in [-0.25, -0.2) is 4.79 Å². The van der Waals surface area contributed by atoms with Gasteiger partial charge in [-0.1, -0.05) is 0 Å². The fourth-order valence-corrected chi connectivity index (χ4v) is 2.26. The van der Waals surface area contributed by atoms with Crippen molar-refractivity contribution >= 4 is 35.6 Å². The first-order valence-electron chi connectivity index (χ1n) is 9.03. The molecule has 0 aromatic rings. The van der Waals surface area contributed by atoms with E-state index in [0.717, 1.165) is 0 Å². The van der Waals surface area contributed by atoms with Gasteiger partial charge in [0.1, 0.15) is 12.1 Å². The second-order valence-electron chi connectivity index (χ2n) is 6.40. The van der Waals surface area contributed by atoms with Crippen molar-refractivity contribution in [1.29, 1.82) is 0 Å². The van der Waals surface area contributed by atoms with Crippen LogP contribution >= 0.6 is 0 Å². The molecule has 14 heteroatoms. The van der Waals surface area contributed by atoms with E-state index in [0.29, 0.717) is 19.4 Å². The number of nitrogens with two attached hydrogens (primary N) is 3. The van der Waals surface area contributed by atoms with E-state index in [-0.39, 0.29) is 6.42 Å². The van der Waals surface area contributed by atoms with Crippen molar-refractivity contribution in [2.75, 3.05) is 13.1 Å². The van der Waals surface area contributed by atoms with Crippen molar-refractivity contribution in [3.63, 3.8) is 0 Å². The summed E-state index contributed by atoms with van der Waals surface area (Å²) in [7, 11) is 0. The highest BCUT2D eigenvalue weighted by atomic mass is 16.4. The number of nitrogens with one attached hydrogen (secondary N) is 3. The largest absolute Gasteiger partial charge is 0.481 e. The second kappa shape index (κ2) is 13.8. The molecule has 3 unspecified atom stereocenters. The lowest BCUT2D eigenvalue weighted by atomic mass is 10.1. The SMILES string of the molecule is NCCCCC(NC(=O)C(CC(N)=O)NC(=O)CNC(=O)C(N)CC(=O)O)C(=O)O. The molecule has 0 saturated carbocycles. The number of hydrogen-bond acceptors (Lipinski definition) is 8. The number of carbonyl (C=O) groups is 6. The first-order chi connectivity index (χ1) is 14.0. The molecule has 0 aliphatic carbocycles. The van der Waals surface area contributed by atoms with Gasteiger partial charge in [-0.05, 0) is 25.8 Å². The Hall–Kier alpha value is -3.26. The van der Waals surface area contributed by atoms with Crippen LogP contribution in [0.4, 0.5) is 0 Å². The number of amides is 4. The number of carbonyl (C=O) groups excluding carboxylic acids is 4. The molecule has 0 aliphatic heterocycles. The van der Waals surface area contributed by atoms with Crippen molar-refractivity contribution in [1.82, 2.24) is 16.0 Å². The molecular formula is C16H28N6O8. The summed E-state index contributed by atoms with van der Waals surface area (Å²) in [4.78, 5) is 68.9. The van der Waals surface area contributed by atoms with Gasteiger partial charge < -0.3 is 43.4 Å². The number of primary amides is 1. The normalized spacial score (nSPS) is 13.4. The minimum atomic E-state index is -1.48. The van der Waals surface area contributed by atoms with Gasteiger partial charge in [0, 0.05) is 0 Å². The van der Waals surface area contributed by atoms with Gasteiger partial charge in [0.15, 0.2) is 0 Å². The topological polar surface area (TPSA) is 257 Å². The summed E-state index contributed by atoms with van der Waals surface area (Å²) in [5, 5.41) is 24.2. The predicted octanol–water partition coefficient (Wildman–Crippen LogP) is -4.04. The molecule has 4 amide bonds. The van der Waals surface area contributed by atoms with Crippen LogP contribution in [0.5, 0.6) is 0 Å². The highest BCUT2D eigenvalue weighted by molar-refractivity contribution is 5.95. The number of carboxylic acid groups (broad SMARTS) is 2. The molecule has 170 valence electrons. The Morgan fingerprint density at radius 2 is 1.50 bits per heavy atom. The summed E-state index contributed by atoms with van der Waals surface area (Å²) < 4.78 is 0. The number of aliphatic carboxylic acids is 2. The lowest BCUT2D eigenvalue weighted by Crippen LogP contribution is -2.54. The van der Waals surface area contributed by atoms with Crippen LogP contribution in [0.15, 0.2) is 0 Å². The predicted molar refractivity (Wildman–Crippen MR) is 101 cm³/mol. The fraction of sp³-hybridized carbons (Fsp3) is 0.625. The van der Waals surface area contributed by atoms with Gasteiger partial charge in [0.05, 0.1) is 25.4 Å². The van der Waals surface area contributed by atoms with E-state index in [1.807, 2.05) is 0 Å². The minimum absolute atomic E-state index is 0.0903. The Bertz CT molecular complexity index is 656. The molecule has 0 aromatic carbocycles. The smallest absolute Gasteiger partial charge is 0.326 e. The van der Waals surface area contributed by atoms with Crippen LogP contribution in [-0.2, 0) is 28.8 Å². The molecule has 0 radical (unpaired) electrons. The van der Waals surface area contributed by atoms with Crippen molar-refractivity contribution < 1.29 is 39.0 Å². The Kier molecular flexibility index (Phi) is 12.3. The molecule has 0 rings (SSSR count). The molecule has 14 nitrogen and oxygen atoms in total. The monoisotopic (exact) mass is 432 g/mol. The molecule has 0 fully saturated rings. The third-order valence-electron chi connectivity index (χ3n) is 3.77. The van der Waals surface area contributed by atoms with Crippen LogP contribution in [0, 0.1) is 0 Å². The maximum Gasteiger partial charge on any atom is 0.326 e. The van der Waals surface area contributed by atoms with Crippen LogP contribution in [0.25, 0.3) is 0 Å². The molecule has 0 heterocycles. The highest BCUT2D eigenvalue weighted by Gasteiger charge is 2.28. The number of rotatable bonds is 15. The molecule has 3 atom stereocenters. The van der Waals surface area contributed by atoms with E-state index in [4.69, 9.17) is 22.3 Å². The molecule has 30 heavy (non-hydrogen) atoms. The number of hydrogen-bond donors (Lipinski definition) is 8. The Labute approximate surface area is 171 Å². The van der Waals surface area contributed by atoms with Gasteiger partial charge in [0.2, 0.25) is 23.6 Å². The molecule has 0 spiro atoms. The lowest BCUT2D eigenvalue weighted by Gasteiger charge is -2.21. The van der Waals surface area contributed by atoms with Crippen LogP contribution in [-0.4, -0.2) is 77.0 Å². The third kappa shape index (κ3) is 11.6. The van der Waals surface area contributed by atoms with Gasteiger partial charge in [-0.15, -0.1) is 0 Å². The molecular weight excluding hydrogens is 404 g/mol. The summed E-state index contributed by atoms with van der Waals surface area (Å²) in [6.45, 7) is -0.309. The summed E-state index contributed by atoms with van der Waals surface area (Å²) in [5.74, 6) is -6.30. The Morgan fingerprint density at radius 1 is 0.867 bits per heavy atom. The van der Waals surface area contributed by atoms with E-state index in [2.05, 4.69) is 16.0 Å². The Morgan fingerprint density at radius 3 is 2.00 bits per heavy atom. The van der Waals surface area contributed by atoms with Crippen molar-refractivity contribution in [2.24, 2.45) is 17.2 Å². The average molecular weight is 432 g/mol. The molecule has 11 N–H and O–H groups in total. The first-order valence-corrected chi connectivity index (χ1v) is 9.03. The zero-order valence-corrected chi connectivity index (χ0v) is 16.3. The summed E-state index contributed by atoms with van der Waals surface area (Å²) in [5.41, 5.74) is 15.7. The third-order valence-corrected chi connectivity index (χ3v) is 3.77. The molecule has 0 aromatic heterocycles. The summed E-state index contributed by atoms with van der Waals surface area (Å²) in [6.07, 6.45) is -0.193. The number of unbranched alkanes of at least 4 members (excludes halogenated alkanes) is 1. The standard InChI is InChI=1S/C16H28N6O8/c17-4-2-1-3-9(16(29)30)22-15(28)10(6-11(19)23)21-12(24)7-20-14(27)8(18)5-13(25)26/h8-10H,1-7,17-18H2,(H2,19,23)(H,20,27)(H,21,24)(H,22,28)(H,25,26)(H,29,30). The van der Waals surface area contributed by atoms with E-state index in [1.165, 1.54) is 0 Å². The van der Waals surface area contributed by atoms with Gasteiger partial charge in [0.25, 0.3) is 0 Å². The first kappa shape index (κ1) is 26.7. The zero-order chi connectivity index (χ0) is 23.3. The highest BCUT2D eigenvalue weighted by Crippen LogP contribution is 2.02. The van der Waals surface area contributed by atoms with E-state index in [1.54, 1.807) is 0 Å². The van der Waals surface area contributed by atoms with E-state index in [9.17, 15) is 33.9 Å². The van der Waals surface area contributed by atoms with Crippen LogP contribution in [0.2, 0.25) is 0 Å². The van der Waals surface area contributed by atoms with E-state index >= 15 is 0 Å². The maximum atomic E-state index is 12.3. The van der Waals surface area contributed by atoms with Gasteiger partial charge in [-0.3, -0.25) is 24.0 Å². The average Bonchev–Trinajstić information content (AvgIpc) is 2.63.